The predicted octanol–water partition coefficient (Wildman–Crippen LogP) is 0.994. The molecular weight excluding hydrogens is 506 g/mol. The number of para-hydroxylation sites is 1. The first kappa shape index (κ1) is 29.6. The summed E-state index contributed by atoms with van der Waals surface area (Å²) in [7, 11) is 0. The van der Waals surface area contributed by atoms with Gasteiger partial charge in [-0.3, -0.25) is 19.2 Å². The van der Waals surface area contributed by atoms with Gasteiger partial charge in [0.2, 0.25) is 17.7 Å². The molecule has 12 nitrogen and oxygen atoms in total. The van der Waals surface area contributed by atoms with Crippen molar-refractivity contribution in [1.29, 1.82) is 0 Å². The Labute approximate surface area is 226 Å². The zero-order valence-corrected chi connectivity index (χ0v) is 22.2. The molecular formula is C27H37N5O7. The highest BCUT2D eigenvalue weighted by molar-refractivity contribution is 5.95. The summed E-state index contributed by atoms with van der Waals surface area (Å²) in [5, 5.41) is 24.3. The van der Waals surface area contributed by atoms with E-state index in [1.54, 1.807) is 0 Å². The van der Waals surface area contributed by atoms with E-state index in [9.17, 15) is 29.1 Å². The van der Waals surface area contributed by atoms with E-state index in [1.807, 2.05) is 44.3 Å². The summed E-state index contributed by atoms with van der Waals surface area (Å²) in [5.41, 5.74) is 8.13. The summed E-state index contributed by atoms with van der Waals surface area (Å²) in [6.45, 7) is 4.05. The van der Waals surface area contributed by atoms with Crippen molar-refractivity contribution in [3.8, 4) is 0 Å². The van der Waals surface area contributed by atoms with Crippen molar-refractivity contribution in [3.63, 3.8) is 0 Å². The van der Waals surface area contributed by atoms with E-state index in [2.05, 4.69) is 15.6 Å². The second kappa shape index (κ2) is 13.2. The molecule has 0 radical (unpaired) electrons. The monoisotopic (exact) mass is 543 g/mol. The van der Waals surface area contributed by atoms with Crippen LogP contribution in [0.15, 0.2) is 30.5 Å². The third-order valence-electron chi connectivity index (χ3n) is 6.87. The number of hydrogen-bond acceptors (Lipinski definition) is 6. The molecule has 12 heteroatoms. The molecule has 1 aliphatic heterocycles. The number of carboxylic acid groups (broad SMARTS) is 2. The van der Waals surface area contributed by atoms with Crippen LogP contribution in [0.25, 0.3) is 10.9 Å². The molecule has 3 amide bonds. The topological polar surface area (TPSA) is 195 Å². The van der Waals surface area contributed by atoms with Gasteiger partial charge < -0.3 is 36.5 Å². The molecule has 0 aliphatic carbocycles. The average Bonchev–Trinajstić information content (AvgIpc) is 3.52. The fraction of sp³-hybridized carbons (Fsp3) is 0.519. The highest BCUT2D eigenvalue weighted by Gasteiger charge is 2.38. The first-order valence-electron chi connectivity index (χ1n) is 13.1. The lowest BCUT2D eigenvalue weighted by Gasteiger charge is -2.29. The molecule has 0 spiro atoms. The van der Waals surface area contributed by atoms with E-state index in [0.29, 0.717) is 25.8 Å². The van der Waals surface area contributed by atoms with E-state index < -0.39 is 54.3 Å². The molecule has 4 atom stereocenters. The molecule has 7 N–H and O–H groups in total. The minimum absolute atomic E-state index is 0.0192. The van der Waals surface area contributed by atoms with E-state index in [1.165, 1.54) is 4.90 Å². The number of carboxylic acids is 2. The number of nitrogens with zero attached hydrogens (tertiary/aromatic N) is 1. The minimum Gasteiger partial charge on any atom is -0.481 e. The zero-order valence-electron chi connectivity index (χ0n) is 22.2. The third-order valence-corrected chi connectivity index (χ3v) is 6.87. The number of likely N-dealkylation sites (tertiary alicyclic amines) is 1. The molecule has 4 unspecified atom stereocenters. The third kappa shape index (κ3) is 7.79. The van der Waals surface area contributed by atoms with Crippen molar-refractivity contribution in [2.24, 2.45) is 11.7 Å². The summed E-state index contributed by atoms with van der Waals surface area (Å²) in [6.07, 6.45) is 2.61. The molecule has 1 fully saturated rings. The van der Waals surface area contributed by atoms with Crippen LogP contribution in [-0.4, -0.2) is 80.5 Å². The van der Waals surface area contributed by atoms with Gasteiger partial charge in [0.25, 0.3) is 0 Å². The number of carbonyl (C=O) groups is 5. The van der Waals surface area contributed by atoms with Crippen LogP contribution in [0, 0.1) is 5.92 Å². The van der Waals surface area contributed by atoms with Gasteiger partial charge in [-0.05, 0) is 49.7 Å². The molecule has 1 aliphatic rings. The number of rotatable bonds is 13. The van der Waals surface area contributed by atoms with E-state index >= 15 is 0 Å². The van der Waals surface area contributed by atoms with Crippen molar-refractivity contribution in [1.82, 2.24) is 20.5 Å². The predicted molar refractivity (Wildman–Crippen MR) is 143 cm³/mol. The van der Waals surface area contributed by atoms with Gasteiger partial charge in [-0.2, -0.15) is 0 Å². The first-order chi connectivity index (χ1) is 18.5. The summed E-state index contributed by atoms with van der Waals surface area (Å²) < 4.78 is 0. The average molecular weight is 544 g/mol. The maximum Gasteiger partial charge on any atom is 0.326 e. The fourth-order valence-electron chi connectivity index (χ4n) is 4.91. The largest absolute Gasteiger partial charge is 0.481 e. The molecule has 2 heterocycles. The van der Waals surface area contributed by atoms with Crippen molar-refractivity contribution in [2.45, 2.75) is 76.5 Å². The molecule has 2 aromatic rings. The van der Waals surface area contributed by atoms with Gasteiger partial charge in [0.15, 0.2) is 0 Å². The number of nitrogens with two attached hydrogens (primary N) is 1. The van der Waals surface area contributed by atoms with Gasteiger partial charge in [0.05, 0.1) is 6.04 Å². The summed E-state index contributed by atoms with van der Waals surface area (Å²) >= 11 is 0. The number of nitrogens with one attached hydrogen (secondary N) is 3. The standard InChI is InChI=1S/C27H37N5O7/c1-15(2)12-21(24(35)30-20(27(38)39)9-10-23(33)34)31-25(36)22-8-5-11-32(22)26(37)18(28)13-16-14-29-19-7-4-3-6-17(16)19/h3-4,6-7,14-15,18,20-22,29H,5,8-13,28H2,1-2H3,(H,30,35)(H,31,36)(H,33,34)(H,38,39). The Balaban J connectivity index is 1.67. The van der Waals surface area contributed by atoms with E-state index in [4.69, 9.17) is 10.8 Å². The molecule has 0 bridgehead atoms. The van der Waals surface area contributed by atoms with Gasteiger partial charge in [0, 0.05) is 30.1 Å². The highest BCUT2D eigenvalue weighted by atomic mass is 16.4. The molecule has 1 saturated heterocycles. The second-order valence-corrected chi connectivity index (χ2v) is 10.4. The SMILES string of the molecule is CC(C)CC(NC(=O)C1CCCN1C(=O)C(N)Cc1c[nH]c2ccccc12)C(=O)NC(CCC(=O)O)C(=O)O. The molecule has 1 aromatic heterocycles. The van der Waals surface area contributed by atoms with Crippen molar-refractivity contribution < 1.29 is 34.2 Å². The Hall–Kier alpha value is -3.93. The molecule has 39 heavy (non-hydrogen) atoms. The van der Waals surface area contributed by atoms with Crippen LogP contribution in [0.4, 0.5) is 0 Å². The molecule has 1 aromatic carbocycles. The van der Waals surface area contributed by atoms with Gasteiger partial charge in [-0.15, -0.1) is 0 Å². The maximum absolute atomic E-state index is 13.3. The van der Waals surface area contributed by atoms with Gasteiger partial charge in [0.1, 0.15) is 18.1 Å². The molecule has 212 valence electrons. The summed E-state index contributed by atoms with van der Waals surface area (Å²) in [5.74, 6) is -4.16. The van der Waals surface area contributed by atoms with Crippen LogP contribution in [0.3, 0.4) is 0 Å². The van der Waals surface area contributed by atoms with Crippen molar-refractivity contribution in [3.05, 3.63) is 36.0 Å². The smallest absolute Gasteiger partial charge is 0.326 e. The fourth-order valence-corrected chi connectivity index (χ4v) is 4.91. The number of aromatic nitrogens is 1. The van der Waals surface area contributed by atoms with Crippen LogP contribution >= 0.6 is 0 Å². The lowest BCUT2D eigenvalue weighted by molar-refractivity contribution is -0.144. The lowest BCUT2D eigenvalue weighted by atomic mass is 10.0. The number of H-pyrrole nitrogens is 1. The Morgan fingerprint density at radius 1 is 1.10 bits per heavy atom. The quantitative estimate of drug-likeness (QED) is 0.215. The lowest BCUT2D eigenvalue weighted by Crippen LogP contribution is -2.57. The summed E-state index contributed by atoms with van der Waals surface area (Å²) in [4.78, 5) is 66.5. The molecule has 0 saturated carbocycles. The van der Waals surface area contributed by atoms with E-state index in [0.717, 1.165) is 16.5 Å². The number of amides is 3. The minimum atomic E-state index is -1.41. The Morgan fingerprint density at radius 2 is 1.82 bits per heavy atom. The number of aromatic amines is 1. The molecule has 3 rings (SSSR count). The summed E-state index contributed by atoms with van der Waals surface area (Å²) in [6, 6.07) is 3.56. The van der Waals surface area contributed by atoms with Gasteiger partial charge in [-0.1, -0.05) is 32.0 Å². The number of carbonyl (C=O) groups excluding carboxylic acids is 3. The normalized spacial score (nSPS) is 17.5. The Bertz CT molecular complexity index is 1210. The van der Waals surface area contributed by atoms with Gasteiger partial charge >= 0.3 is 11.9 Å². The zero-order chi connectivity index (χ0) is 28.7. The van der Waals surface area contributed by atoms with Crippen LogP contribution in [0.5, 0.6) is 0 Å². The maximum atomic E-state index is 13.3. The van der Waals surface area contributed by atoms with Crippen LogP contribution in [-0.2, 0) is 30.4 Å². The van der Waals surface area contributed by atoms with Crippen molar-refractivity contribution in [2.75, 3.05) is 6.54 Å². The Kier molecular flexibility index (Phi) is 10.0. The van der Waals surface area contributed by atoms with Crippen LogP contribution in [0.2, 0.25) is 0 Å². The van der Waals surface area contributed by atoms with Crippen LogP contribution in [0.1, 0.15) is 51.5 Å². The number of aliphatic carboxylic acids is 2. The highest BCUT2D eigenvalue weighted by Crippen LogP contribution is 2.22. The van der Waals surface area contributed by atoms with E-state index in [-0.39, 0.29) is 24.7 Å². The number of fused-ring (bicyclic) bond motifs is 1. The number of benzene rings is 1. The first-order valence-corrected chi connectivity index (χ1v) is 13.1. The Morgan fingerprint density at radius 3 is 2.49 bits per heavy atom. The van der Waals surface area contributed by atoms with Crippen LogP contribution < -0.4 is 16.4 Å². The number of hydrogen-bond donors (Lipinski definition) is 6. The second-order valence-electron chi connectivity index (χ2n) is 10.4. The van der Waals surface area contributed by atoms with Gasteiger partial charge in [-0.25, -0.2) is 4.79 Å². The van der Waals surface area contributed by atoms with Crippen molar-refractivity contribution >= 4 is 40.6 Å².